The number of ether oxygens (including phenoxy) is 1. The monoisotopic (exact) mass is 243 g/mol. The first kappa shape index (κ1) is 12.0. The molecule has 18 heavy (non-hydrogen) atoms. The van der Waals surface area contributed by atoms with Gasteiger partial charge in [-0.25, -0.2) is 14.8 Å². The SMILES string of the molecule is C[C@](OC(N)=O)(c1ccccc1)c1ccncn1. The Bertz CT molecular complexity index is 489. The van der Waals surface area contributed by atoms with E-state index in [9.17, 15) is 4.79 Å². The van der Waals surface area contributed by atoms with Gasteiger partial charge in [-0.2, -0.15) is 0 Å². The van der Waals surface area contributed by atoms with Gasteiger partial charge in [0.2, 0.25) is 0 Å². The van der Waals surface area contributed by atoms with Crippen molar-refractivity contribution in [3.63, 3.8) is 0 Å². The first-order valence-corrected chi connectivity index (χ1v) is 5.43. The number of nitrogens with zero attached hydrogens (tertiary/aromatic N) is 2. The summed E-state index contributed by atoms with van der Waals surface area (Å²) in [5, 5.41) is 0. The van der Waals surface area contributed by atoms with Gasteiger partial charge in [0.05, 0.1) is 5.69 Å². The van der Waals surface area contributed by atoms with Gasteiger partial charge in [0.1, 0.15) is 6.33 Å². The van der Waals surface area contributed by atoms with E-state index in [0.29, 0.717) is 5.69 Å². The fourth-order valence-corrected chi connectivity index (χ4v) is 1.79. The van der Waals surface area contributed by atoms with Crippen molar-refractivity contribution in [2.24, 2.45) is 5.73 Å². The van der Waals surface area contributed by atoms with Crippen LogP contribution in [0.2, 0.25) is 0 Å². The molecule has 0 radical (unpaired) electrons. The molecular weight excluding hydrogens is 230 g/mol. The average molecular weight is 243 g/mol. The van der Waals surface area contributed by atoms with Crippen LogP contribution in [0, 0.1) is 0 Å². The van der Waals surface area contributed by atoms with E-state index in [1.54, 1.807) is 19.2 Å². The van der Waals surface area contributed by atoms with Crippen LogP contribution in [0.1, 0.15) is 18.2 Å². The van der Waals surface area contributed by atoms with Crippen LogP contribution >= 0.6 is 0 Å². The Hall–Kier alpha value is -2.43. The third kappa shape index (κ3) is 2.29. The van der Waals surface area contributed by atoms with Crippen molar-refractivity contribution in [1.82, 2.24) is 9.97 Å². The summed E-state index contributed by atoms with van der Waals surface area (Å²) in [5.41, 5.74) is 5.50. The van der Waals surface area contributed by atoms with Crippen LogP contribution in [0.25, 0.3) is 0 Å². The molecule has 1 aromatic heterocycles. The van der Waals surface area contributed by atoms with Crippen molar-refractivity contribution in [3.8, 4) is 0 Å². The van der Waals surface area contributed by atoms with Crippen LogP contribution in [-0.2, 0) is 10.3 Å². The molecular formula is C13H13N3O2. The van der Waals surface area contributed by atoms with Crippen LogP contribution in [0.4, 0.5) is 4.79 Å². The lowest BCUT2D eigenvalue weighted by molar-refractivity contribution is 0.0563. The van der Waals surface area contributed by atoms with E-state index in [1.807, 2.05) is 30.3 Å². The lowest BCUT2D eigenvalue weighted by Crippen LogP contribution is -2.33. The van der Waals surface area contributed by atoms with Gasteiger partial charge in [-0.15, -0.1) is 0 Å². The molecule has 92 valence electrons. The number of hydrogen-bond donors (Lipinski definition) is 1. The highest BCUT2D eigenvalue weighted by Gasteiger charge is 2.34. The summed E-state index contributed by atoms with van der Waals surface area (Å²) in [4.78, 5) is 19.1. The summed E-state index contributed by atoms with van der Waals surface area (Å²) in [6, 6.07) is 11.0. The van der Waals surface area contributed by atoms with E-state index in [0.717, 1.165) is 5.56 Å². The zero-order chi connectivity index (χ0) is 13.0. The third-order valence-electron chi connectivity index (χ3n) is 2.70. The fourth-order valence-electron chi connectivity index (χ4n) is 1.79. The molecule has 0 saturated carbocycles. The number of carbonyl (C=O) groups excluding carboxylic acids is 1. The molecule has 1 amide bonds. The Kier molecular flexibility index (Phi) is 3.23. The predicted octanol–water partition coefficient (Wildman–Crippen LogP) is 1.84. The molecule has 0 aliphatic carbocycles. The normalized spacial score (nSPS) is 13.6. The maximum Gasteiger partial charge on any atom is 0.405 e. The topological polar surface area (TPSA) is 78.1 Å². The van der Waals surface area contributed by atoms with E-state index >= 15 is 0 Å². The van der Waals surface area contributed by atoms with Gasteiger partial charge in [-0.05, 0) is 13.0 Å². The van der Waals surface area contributed by atoms with Crippen molar-refractivity contribution in [1.29, 1.82) is 0 Å². The van der Waals surface area contributed by atoms with Crippen LogP contribution in [0.3, 0.4) is 0 Å². The van der Waals surface area contributed by atoms with Gasteiger partial charge in [0.25, 0.3) is 0 Å². The molecule has 0 spiro atoms. The zero-order valence-electron chi connectivity index (χ0n) is 9.91. The molecule has 5 heteroatoms. The van der Waals surface area contributed by atoms with Crippen LogP contribution in [0.15, 0.2) is 48.9 Å². The smallest absolute Gasteiger partial charge is 0.405 e. The molecule has 0 aliphatic rings. The molecule has 0 fully saturated rings. The highest BCUT2D eigenvalue weighted by atomic mass is 16.6. The van der Waals surface area contributed by atoms with Gasteiger partial charge >= 0.3 is 6.09 Å². The van der Waals surface area contributed by atoms with Crippen molar-refractivity contribution >= 4 is 6.09 Å². The molecule has 1 heterocycles. The number of primary amides is 1. The highest BCUT2D eigenvalue weighted by Crippen LogP contribution is 2.31. The molecule has 0 saturated heterocycles. The van der Waals surface area contributed by atoms with E-state index < -0.39 is 11.7 Å². The van der Waals surface area contributed by atoms with Gasteiger partial charge in [0.15, 0.2) is 5.60 Å². The number of hydrogen-bond acceptors (Lipinski definition) is 4. The van der Waals surface area contributed by atoms with E-state index in [2.05, 4.69) is 9.97 Å². The summed E-state index contributed by atoms with van der Waals surface area (Å²) in [6.45, 7) is 1.75. The minimum Gasteiger partial charge on any atom is -0.432 e. The Morgan fingerprint density at radius 1 is 1.28 bits per heavy atom. The first-order valence-electron chi connectivity index (χ1n) is 5.43. The van der Waals surface area contributed by atoms with Gasteiger partial charge in [-0.1, -0.05) is 30.3 Å². The van der Waals surface area contributed by atoms with Crippen molar-refractivity contribution < 1.29 is 9.53 Å². The standard InChI is InChI=1S/C13H13N3O2/c1-13(18-12(14)17,10-5-3-2-4-6-10)11-7-8-15-9-16-11/h2-9H,1H3,(H2,14,17)/t13-/m0/s1. The second kappa shape index (κ2) is 4.83. The maximum absolute atomic E-state index is 11.1. The molecule has 0 bridgehead atoms. The number of nitrogens with two attached hydrogens (primary N) is 1. The van der Waals surface area contributed by atoms with Crippen LogP contribution in [-0.4, -0.2) is 16.1 Å². The molecule has 2 N–H and O–H groups in total. The molecule has 0 unspecified atom stereocenters. The summed E-state index contributed by atoms with van der Waals surface area (Å²) in [5.74, 6) is 0. The van der Waals surface area contributed by atoms with Crippen molar-refractivity contribution in [2.75, 3.05) is 0 Å². The minimum atomic E-state index is -1.02. The molecule has 1 aromatic carbocycles. The highest BCUT2D eigenvalue weighted by molar-refractivity contribution is 5.66. The van der Waals surface area contributed by atoms with Crippen LogP contribution < -0.4 is 5.73 Å². The first-order chi connectivity index (χ1) is 8.63. The van der Waals surface area contributed by atoms with Gasteiger partial charge in [0, 0.05) is 11.8 Å². The summed E-state index contributed by atoms with van der Waals surface area (Å²) < 4.78 is 5.26. The average Bonchev–Trinajstić information content (AvgIpc) is 2.40. The number of amides is 1. The maximum atomic E-state index is 11.1. The van der Waals surface area contributed by atoms with Crippen LogP contribution in [0.5, 0.6) is 0 Å². The Morgan fingerprint density at radius 2 is 2.00 bits per heavy atom. The van der Waals surface area contributed by atoms with E-state index in [4.69, 9.17) is 10.5 Å². The van der Waals surface area contributed by atoms with Crippen molar-refractivity contribution in [2.45, 2.75) is 12.5 Å². The number of aromatic nitrogens is 2. The molecule has 2 aromatic rings. The van der Waals surface area contributed by atoms with E-state index in [-0.39, 0.29) is 0 Å². The largest absolute Gasteiger partial charge is 0.432 e. The van der Waals surface area contributed by atoms with E-state index in [1.165, 1.54) is 6.33 Å². The van der Waals surface area contributed by atoms with Gasteiger partial charge < -0.3 is 10.5 Å². The summed E-state index contributed by atoms with van der Waals surface area (Å²) >= 11 is 0. The quantitative estimate of drug-likeness (QED) is 0.892. The number of benzene rings is 1. The molecule has 1 atom stereocenters. The Balaban J connectivity index is 2.51. The Morgan fingerprint density at radius 3 is 2.56 bits per heavy atom. The fraction of sp³-hybridized carbons (Fsp3) is 0.154. The third-order valence-corrected chi connectivity index (χ3v) is 2.70. The lowest BCUT2D eigenvalue weighted by atomic mass is 9.92. The molecule has 2 rings (SSSR count). The molecule has 5 nitrogen and oxygen atoms in total. The lowest BCUT2D eigenvalue weighted by Gasteiger charge is -2.28. The zero-order valence-corrected chi connectivity index (χ0v) is 9.91. The number of rotatable bonds is 3. The summed E-state index contributed by atoms with van der Waals surface area (Å²) in [6.07, 6.45) is 2.15. The second-order valence-corrected chi connectivity index (χ2v) is 3.91. The molecule has 0 aliphatic heterocycles. The van der Waals surface area contributed by atoms with Crippen molar-refractivity contribution in [3.05, 3.63) is 60.2 Å². The second-order valence-electron chi connectivity index (χ2n) is 3.91. The predicted molar refractivity (Wildman–Crippen MR) is 65.6 cm³/mol. The number of carbonyl (C=O) groups is 1. The summed E-state index contributed by atoms with van der Waals surface area (Å²) in [7, 11) is 0. The Labute approximate surface area is 105 Å². The van der Waals surface area contributed by atoms with Gasteiger partial charge in [-0.3, -0.25) is 0 Å². The minimum absolute atomic E-state index is 0.572.